The van der Waals surface area contributed by atoms with Gasteiger partial charge < -0.3 is 20.5 Å². The van der Waals surface area contributed by atoms with Crippen molar-refractivity contribution < 1.29 is 19.4 Å². The average Bonchev–Trinajstić information content (AvgIpc) is 2.80. The first kappa shape index (κ1) is 27.1. The number of aliphatic imine (C=N–C) groups is 1. The summed E-state index contributed by atoms with van der Waals surface area (Å²) in [6.45, 7) is 6.01. The number of allylic oxidation sites excluding steroid dienone is 3. The molecule has 1 amide bonds. The number of rotatable bonds is 4. The molecule has 0 aliphatic heterocycles. The highest BCUT2D eigenvalue weighted by atomic mass is 16.5. The van der Waals surface area contributed by atoms with E-state index in [2.05, 4.69) is 4.99 Å². The fourth-order valence-corrected chi connectivity index (χ4v) is 2.81. The molecule has 7 heteroatoms. The van der Waals surface area contributed by atoms with Crippen molar-refractivity contribution in [2.45, 2.75) is 33.6 Å². The number of carbonyl (C=O) groups is 2. The van der Waals surface area contributed by atoms with E-state index in [9.17, 15) is 9.59 Å². The predicted octanol–water partition coefficient (Wildman–Crippen LogP) is 3.05. The topological polar surface area (TPSA) is 105 Å². The first-order chi connectivity index (χ1) is 14.4. The van der Waals surface area contributed by atoms with E-state index in [1.54, 1.807) is 45.1 Å². The van der Waals surface area contributed by atoms with E-state index >= 15 is 0 Å². The van der Waals surface area contributed by atoms with Gasteiger partial charge in [0.25, 0.3) is 5.91 Å². The molecule has 0 heterocycles. The number of aliphatic hydroxyl groups is 1. The number of nitrogens with zero attached hydrogens (tertiary/aromatic N) is 2. The molecule has 0 atom stereocenters. The first-order valence-electron chi connectivity index (χ1n) is 9.99. The second kappa shape index (κ2) is 14.1. The van der Waals surface area contributed by atoms with Gasteiger partial charge in [0.2, 0.25) is 0 Å². The highest BCUT2D eigenvalue weighted by Crippen LogP contribution is 2.29. The van der Waals surface area contributed by atoms with Crippen molar-refractivity contribution in [3.8, 4) is 0 Å². The molecule has 0 saturated carbocycles. The molecule has 3 N–H and O–H groups in total. The maximum absolute atomic E-state index is 12.0. The normalized spacial score (nSPS) is 15.6. The van der Waals surface area contributed by atoms with Crippen LogP contribution >= 0.6 is 0 Å². The lowest BCUT2D eigenvalue weighted by atomic mass is 9.88. The van der Waals surface area contributed by atoms with Crippen LogP contribution in [0, 0.1) is 0 Å². The summed E-state index contributed by atoms with van der Waals surface area (Å²) in [5, 5.41) is 7.00. The summed E-state index contributed by atoms with van der Waals surface area (Å²) < 4.78 is 5.01. The van der Waals surface area contributed by atoms with E-state index in [4.69, 9.17) is 15.6 Å². The van der Waals surface area contributed by atoms with Crippen molar-refractivity contribution in [1.29, 1.82) is 0 Å². The summed E-state index contributed by atoms with van der Waals surface area (Å²) in [5.41, 5.74) is 10.2. The molecule has 1 aromatic rings. The van der Waals surface area contributed by atoms with Gasteiger partial charge in [0.05, 0.1) is 6.61 Å². The number of esters is 1. The Bertz CT molecular complexity index is 791. The molecule has 0 fully saturated rings. The predicted molar refractivity (Wildman–Crippen MR) is 122 cm³/mol. The van der Waals surface area contributed by atoms with Gasteiger partial charge in [0.1, 0.15) is 5.70 Å². The SMILES string of the molecule is CC.CCOC(=O)/C(N)=C1\C=C(c2ccc(C(=O)N(C)C)cc2)CCC1=NC.CO. The van der Waals surface area contributed by atoms with Gasteiger partial charge in [-0.2, -0.15) is 0 Å². The monoisotopic (exact) mass is 417 g/mol. The Morgan fingerprint density at radius 1 is 1.13 bits per heavy atom. The van der Waals surface area contributed by atoms with Gasteiger partial charge in [-0.05, 0) is 49.1 Å². The highest BCUT2D eigenvalue weighted by Gasteiger charge is 2.21. The standard InChI is InChI=1S/C20H25N3O3.C2H6.CH4O/c1-5-26-20(25)18(21)16-12-15(10-11-17(16)22-2)13-6-8-14(9-7-13)19(24)23(3)4;2*1-2/h6-9,12H,5,10-11,21H2,1-4H3;1-2H3;2H,1H3/b18-16-,22-17?;;. The van der Waals surface area contributed by atoms with Crippen LogP contribution in [-0.4, -0.2) is 62.5 Å². The van der Waals surface area contributed by atoms with E-state index in [0.29, 0.717) is 17.6 Å². The van der Waals surface area contributed by atoms with Crippen molar-refractivity contribution in [3.63, 3.8) is 0 Å². The van der Waals surface area contributed by atoms with E-state index in [1.807, 2.05) is 32.1 Å². The molecule has 7 nitrogen and oxygen atoms in total. The minimum Gasteiger partial charge on any atom is -0.461 e. The number of ether oxygens (including phenoxy) is 1. The van der Waals surface area contributed by atoms with Crippen LogP contribution in [0.15, 0.2) is 46.6 Å². The van der Waals surface area contributed by atoms with Crippen molar-refractivity contribution >= 4 is 23.2 Å². The molecule has 166 valence electrons. The van der Waals surface area contributed by atoms with Crippen molar-refractivity contribution in [2.75, 3.05) is 34.9 Å². The molecule has 0 aromatic heterocycles. The van der Waals surface area contributed by atoms with Gasteiger partial charge in [0.15, 0.2) is 0 Å². The maximum atomic E-state index is 12.0. The highest BCUT2D eigenvalue weighted by molar-refractivity contribution is 6.11. The molecule has 0 radical (unpaired) electrons. The lowest BCUT2D eigenvalue weighted by molar-refractivity contribution is -0.138. The van der Waals surface area contributed by atoms with Crippen LogP contribution in [0.25, 0.3) is 5.57 Å². The number of hydrogen-bond donors (Lipinski definition) is 2. The summed E-state index contributed by atoms with van der Waals surface area (Å²) in [7, 11) is 6.13. The lowest BCUT2D eigenvalue weighted by Gasteiger charge is -2.19. The van der Waals surface area contributed by atoms with Gasteiger partial charge in [-0.3, -0.25) is 9.79 Å². The van der Waals surface area contributed by atoms with E-state index in [1.165, 1.54) is 0 Å². The molecule has 0 unspecified atom stereocenters. The maximum Gasteiger partial charge on any atom is 0.354 e. The summed E-state index contributed by atoms with van der Waals surface area (Å²) in [5.74, 6) is -0.574. The number of hydrogen-bond acceptors (Lipinski definition) is 6. The number of benzene rings is 1. The minimum atomic E-state index is -0.534. The molecule has 0 spiro atoms. The zero-order valence-corrected chi connectivity index (χ0v) is 19.2. The molecule has 2 rings (SSSR count). The smallest absolute Gasteiger partial charge is 0.354 e. The molecular formula is C23H35N3O4. The van der Waals surface area contributed by atoms with E-state index in [-0.39, 0.29) is 18.2 Å². The fraction of sp³-hybridized carbons (Fsp3) is 0.435. The zero-order valence-electron chi connectivity index (χ0n) is 19.2. The van der Waals surface area contributed by atoms with Crippen molar-refractivity contribution in [1.82, 2.24) is 4.90 Å². The molecule has 1 aliphatic carbocycles. The Labute approximate surface area is 179 Å². The number of amides is 1. The van der Waals surface area contributed by atoms with Crippen LogP contribution < -0.4 is 5.73 Å². The Balaban J connectivity index is 0.00000198. The Morgan fingerprint density at radius 2 is 1.70 bits per heavy atom. The summed E-state index contributed by atoms with van der Waals surface area (Å²) in [6.07, 6.45) is 3.37. The van der Waals surface area contributed by atoms with Crippen LogP contribution in [0.4, 0.5) is 0 Å². The fourth-order valence-electron chi connectivity index (χ4n) is 2.81. The third kappa shape index (κ3) is 7.15. The number of aliphatic hydroxyl groups excluding tert-OH is 1. The number of nitrogens with two attached hydrogens (primary N) is 1. The Hall–Kier alpha value is -2.93. The Kier molecular flexibility index (Phi) is 12.7. The summed E-state index contributed by atoms with van der Waals surface area (Å²) in [6, 6.07) is 7.43. The quantitative estimate of drug-likeness (QED) is 0.579. The van der Waals surface area contributed by atoms with Crippen molar-refractivity contribution in [2.24, 2.45) is 10.7 Å². The van der Waals surface area contributed by atoms with Crippen LogP contribution in [0.3, 0.4) is 0 Å². The van der Waals surface area contributed by atoms with Crippen LogP contribution in [0.1, 0.15) is 49.5 Å². The van der Waals surface area contributed by atoms with E-state index in [0.717, 1.165) is 30.4 Å². The van der Waals surface area contributed by atoms with E-state index < -0.39 is 5.97 Å². The third-order valence-corrected chi connectivity index (χ3v) is 4.22. The van der Waals surface area contributed by atoms with Gasteiger partial charge >= 0.3 is 5.97 Å². The lowest BCUT2D eigenvalue weighted by Crippen LogP contribution is -2.22. The largest absolute Gasteiger partial charge is 0.461 e. The van der Waals surface area contributed by atoms with Gasteiger partial charge in [0, 0.05) is 45.1 Å². The second-order valence-corrected chi connectivity index (χ2v) is 6.16. The van der Waals surface area contributed by atoms with Gasteiger partial charge in [-0.25, -0.2) is 4.79 Å². The zero-order chi connectivity index (χ0) is 23.3. The molecule has 30 heavy (non-hydrogen) atoms. The number of carbonyl (C=O) groups excluding carboxylic acids is 2. The summed E-state index contributed by atoms with van der Waals surface area (Å²) >= 11 is 0. The second-order valence-electron chi connectivity index (χ2n) is 6.16. The Morgan fingerprint density at radius 3 is 2.17 bits per heavy atom. The molecule has 1 aromatic carbocycles. The summed E-state index contributed by atoms with van der Waals surface area (Å²) in [4.78, 5) is 29.8. The molecule has 1 aliphatic rings. The van der Waals surface area contributed by atoms with Gasteiger partial charge in [-0.1, -0.05) is 26.0 Å². The minimum absolute atomic E-state index is 0.0401. The van der Waals surface area contributed by atoms with Gasteiger partial charge in [-0.15, -0.1) is 0 Å². The molecular weight excluding hydrogens is 382 g/mol. The van der Waals surface area contributed by atoms with Crippen LogP contribution in [0.5, 0.6) is 0 Å². The third-order valence-electron chi connectivity index (χ3n) is 4.22. The van der Waals surface area contributed by atoms with Crippen molar-refractivity contribution in [3.05, 3.63) is 52.7 Å². The first-order valence-corrected chi connectivity index (χ1v) is 9.99. The van der Waals surface area contributed by atoms with Crippen LogP contribution in [0.2, 0.25) is 0 Å². The molecule has 0 saturated heterocycles. The van der Waals surface area contributed by atoms with Crippen LogP contribution in [-0.2, 0) is 9.53 Å². The average molecular weight is 418 g/mol. The molecule has 0 bridgehead atoms.